The fourth-order valence-electron chi connectivity index (χ4n) is 3.42. The third-order valence-electron chi connectivity index (χ3n) is 4.77. The van der Waals surface area contributed by atoms with Gasteiger partial charge in [0.2, 0.25) is 0 Å². The van der Waals surface area contributed by atoms with E-state index >= 15 is 0 Å². The summed E-state index contributed by atoms with van der Waals surface area (Å²) in [5, 5.41) is 14.9. The highest BCUT2D eigenvalue weighted by Gasteiger charge is 2.29. The van der Waals surface area contributed by atoms with Crippen LogP contribution in [-0.4, -0.2) is 43.9 Å². The molecule has 2 aromatic heterocycles. The lowest BCUT2D eigenvalue weighted by Gasteiger charge is -2.31. The largest absolute Gasteiger partial charge is 0.337 e. The molecular weight excluding hydrogens is 346 g/mol. The molecular formula is C19H21N5OS. The highest BCUT2D eigenvalue weighted by atomic mass is 32.1. The van der Waals surface area contributed by atoms with Crippen LogP contribution in [0.15, 0.2) is 36.4 Å². The van der Waals surface area contributed by atoms with Crippen molar-refractivity contribution in [1.29, 1.82) is 0 Å². The van der Waals surface area contributed by atoms with Gasteiger partial charge in [-0.15, -0.1) is 21.5 Å². The molecule has 4 rings (SSSR count). The number of carbonyl (C=O) groups excluding carboxylic acids is 1. The van der Waals surface area contributed by atoms with E-state index in [-0.39, 0.29) is 11.8 Å². The van der Waals surface area contributed by atoms with Crippen molar-refractivity contribution in [3.8, 4) is 11.3 Å². The molecule has 1 fully saturated rings. The lowest BCUT2D eigenvalue weighted by molar-refractivity contribution is 0.0695. The second kappa shape index (κ2) is 6.99. The third kappa shape index (κ3) is 3.26. The number of aromatic nitrogens is 4. The van der Waals surface area contributed by atoms with Gasteiger partial charge in [-0.2, -0.15) is 5.10 Å². The Kier molecular flexibility index (Phi) is 4.55. The van der Waals surface area contributed by atoms with Crippen LogP contribution in [-0.2, 0) is 7.05 Å². The molecule has 0 unspecified atom stereocenters. The Bertz CT molecular complexity index is 917. The van der Waals surface area contributed by atoms with E-state index in [1.165, 1.54) is 0 Å². The van der Waals surface area contributed by atoms with Gasteiger partial charge in [0.25, 0.3) is 5.91 Å². The molecule has 3 heterocycles. The summed E-state index contributed by atoms with van der Waals surface area (Å²) in [7, 11) is 1.83. The number of hydrogen-bond donors (Lipinski definition) is 0. The molecule has 1 saturated heterocycles. The molecule has 0 aliphatic carbocycles. The second-order valence-corrected chi connectivity index (χ2v) is 7.87. The number of hydrogen-bond acceptors (Lipinski definition) is 5. The summed E-state index contributed by atoms with van der Waals surface area (Å²) in [5.74, 6) is 0.314. The van der Waals surface area contributed by atoms with Crippen molar-refractivity contribution in [2.24, 2.45) is 7.05 Å². The Hall–Kier alpha value is -2.54. The van der Waals surface area contributed by atoms with Crippen LogP contribution >= 0.6 is 11.3 Å². The lowest BCUT2D eigenvalue weighted by Crippen LogP contribution is -2.39. The number of aryl methyl sites for hydroxylation is 2. The lowest BCUT2D eigenvalue weighted by atomic mass is 9.98. The Morgan fingerprint density at radius 3 is 2.77 bits per heavy atom. The van der Waals surface area contributed by atoms with Crippen LogP contribution in [0.1, 0.15) is 39.3 Å². The minimum Gasteiger partial charge on any atom is -0.337 e. The van der Waals surface area contributed by atoms with Gasteiger partial charge < -0.3 is 4.90 Å². The van der Waals surface area contributed by atoms with Crippen molar-refractivity contribution >= 4 is 17.2 Å². The molecule has 0 bridgehead atoms. The maximum atomic E-state index is 13.1. The fourth-order valence-corrected chi connectivity index (χ4v) is 4.24. The number of piperidine rings is 1. The van der Waals surface area contributed by atoms with Gasteiger partial charge >= 0.3 is 0 Å². The summed E-state index contributed by atoms with van der Waals surface area (Å²) in [6.45, 7) is 3.44. The molecule has 1 aliphatic rings. The number of carbonyl (C=O) groups is 1. The summed E-state index contributed by atoms with van der Waals surface area (Å²) < 4.78 is 1.68. The maximum Gasteiger partial charge on any atom is 0.272 e. The van der Waals surface area contributed by atoms with E-state index in [9.17, 15) is 4.79 Å². The predicted octanol–water partition coefficient (Wildman–Crippen LogP) is 3.27. The van der Waals surface area contributed by atoms with Crippen LogP contribution in [0.4, 0.5) is 0 Å². The molecule has 1 amide bonds. The van der Waals surface area contributed by atoms with Gasteiger partial charge in [0, 0.05) is 31.6 Å². The van der Waals surface area contributed by atoms with Crippen LogP contribution in [0.3, 0.4) is 0 Å². The molecule has 1 aliphatic heterocycles. The van der Waals surface area contributed by atoms with Gasteiger partial charge in [-0.05, 0) is 25.8 Å². The van der Waals surface area contributed by atoms with Gasteiger partial charge in [0.1, 0.15) is 15.7 Å². The summed E-state index contributed by atoms with van der Waals surface area (Å²) in [4.78, 5) is 15.0. The molecule has 7 heteroatoms. The quantitative estimate of drug-likeness (QED) is 0.713. The summed E-state index contributed by atoms with van der Waals surface area (Å²) in [5.41, 5.74) is 2.46. The third-order valence-corrected chi connectivity index (χ3v) is 5.77. The van der Waals surface area contributed by atoms with Crippen LogP contribution < -0.4 is 0 Å². The van der Waals surface area contributed by atoms with E-state index < -0.39 is 0 Å². The maximum absolute atomic E-state index is 13.1. The highest BCUT2D eigenvalue weighted by Crippen LogP contribution is 2.30. The smallest absolute Gasteiger partial charge is 0.272 e. The van der Waals surface area contributed by atoms with Crippen molar-refractivity contribution in [1.82, 2.24) is 24.9 Å². The molecule has 134 valence electrons. The van der Waals surface area contributed by atoms with Crippen molar-refractivity contribution in [3.05, 3.63) is 52.1 Å². The first kappa shape index (κ1) is 16.9. The van der Waals surface area contributed by atoms with Crippen molar-refractivity contribution in [2.45, 2.75) is 25.7 Å². The minimum absolute atomic E-state index is 0.0353. The van der Waals surface area contributed by atoms with E-state index in [1.807, 2.05) is 55.3 Å². The summed E-state index contributed by atoms with van der Waals surface area (Å²) in [6.07, 6.45) is 2.04. The van der Waals surface area contributed by atoms with Crippen LogP contribution in [0.25, 0.3) is 11.3 Å². The number of likely N-dealkylation sites (tertiary alicyclic amines) is 1. The van der Waals surface area contributed by atoms with Gasteiger partial charge in [-0.1, -0.05) is 30.3 Å². The Morgan fingerprint density at radius 2 is 2.04 bits per heavy atom. The summed E-state index contributed by atoms with van der Waals surface area (Å²) >= 11 is 1.63. The van der Waals surface area contributed by atoms with Crippen molar-refractivity contribution in [3.63, 3.8) is 0 Å². The molecule has 1 atom stereocenters. The normalized spacial score (nSPS) is 17.5. The molecule has 0 radical (unpaired) electrons. The zero-order valence-electron chi connectivity index (χ0n) is 14.9. The molecule has 6 nitrogen and oxygen atoms in total. The topological polar surface area (TPSA) is 63.9 Å². The van der Waals surface area contributed by atoms with Crippen LogP contribution in [0, 0.1) is 6.92 Å². The number of benzene rings is 1. The number of nitrogens with zero attached hydrogens (tertiary/aromatic N) is 5. The molecule has 26 heavy (non-hydrogen) atoms. The van der Waals surface area contributed by atoms with Crippen LogP contribution in [0.5, 0.6) is 0 Å². The molecule has 1 aromatic carbocycles. The fraction of sp³-hybridized carbons (Fsp3) is 0.368. The van der Waals surface area contributed by atoms with E-state index in [0.29, 0.717) is 12.2 Å². The SMILES string of the molecule is Cc1nnc([C@@H]2CCCN(C(=O)c3cc(-c4ccccc4)nn3C)C2)s1. The first-order valence-corrected chi connectivity index (χ1v) is 9.62. The Labute approximate surface area is 156 Å². The average molecular weight is 367 g/mol. The molecule has 0 saturated carbocycles. The zero-order chi connectivity index (χ0) is 18.1. The first-order valence-electron chi connectivity index (χ1n) is 8.80. The average Bonchev–Trinajstić information content (AvgIpc) is 3.28. The van der Waals surface area contributed by atoms with E-state index in [0.717, 1.165) is 40.7 Å². The molecule has 3 aromatic rings. The molecule has 0 spiro atoms. The minimum atomic E-state index is 0.0353. The molecule has 0 N–H and O–H groups in total. The Balaban J connectivity index is 1.55. The van der Waals surface area contributed by atoms with Crippen LogP contribution in [0.2, 0.25) is 0 Å². The highest BCUT2D eigenvalue weighted by molar-refractivity contribution is 7.11. The van der Waals surface area contributed by atoms with Gasteiger partial charge in [0.15, 0.2) is 0 Å². The zero-order valence-corrected chi connectivity index (χ0v) is 15.7. The van der Waals surface area contributed by atoms with Crippen molar-refractivity contribution in [2.75, 3.05) is 13.1 Å². The van der Waals surface area contributed by atoms with E-state index in [1.54, 1.807) is 16.0 Å². The number of rotatable bonds is 3. The van der Waals surface area contributed by atoms with E-state index in [4.69, 9.17) is 0 Å². The summed E-state index contributed by atoms with van der Waals surface area (Å²) in [6, 6.07) is 11.8. The predicted molar refractivity (Wildman–Crippen MR) is 101 cm³/mol. The number of amides is 1. The van der Waals surface area contributed by atoms with Gasteiger partial charge in [-0.3, -0.25) is 9.48 Å². The Morgan fingerprint density at radius 1 is 1.23 bits per heavy atom. The van der Waals surface area contributed by atoms with Crippen molar-refractivity contribution < 1.29 is 4.79 Å². The van der Waals surface area contributed by atoms with Gasteiger partial charge in [-0.25, -0.2) is 0 Å². The van der Waals surface area contributed by atoms with Gasteiger partial charge in [0.05, 0.1) is 5.69 Å². The second-order valence-electron chi connectivity index (χ2n) is 6.65. The standard InChI is InChI=1S/C19H21N5OS/c1-13-20-21-18(26-13)15-9-6-10-24(12-15)19(25)17-11-16(22-23(17)2)14-7-4-3-5-8-14/h3-5,7-8,11,15H,6,9-10,12H2,1-2H3/t15-/m1/s1. The first-order chi connectivity index (χ1) is 12.6. The monoisotopic (exact) mass is 367 g/mol. The van der Waals surface area contributed by atoms with E-state index in [2.05, 4.69) is 15.3 Å².